The Morgan fingerprint density at radius 1 is 1.38 bits per heavy atom. The summed E-state index contributed by atoms with van der Waals surface area (Å²) in [5.74, 6) is 0.869. The number of likely N-dealkylation sites (tertiary alicyclic amines) is 1. The molecule has 0 bridgehead atoms. The zero-order chi connectivity index (χ0) is 16.4. The van der Waals surface area contributed by atoms with Crippen LogP contribution in [-0.2, 0) is 14.8 Å². The van der Waals surface area contributed by atoms with E-state index in [-0.39, 0.29) is 24.1 Å². The van der Waals surface area contributed by atoms with Crippen molar-refractivity contribution in [1.82, 2.24) is 15.1 Å². The number of carbonyl (C=O) groups is 1. The summed E-state index contributed by atoms with van der Waals surface area (Å²) in [6.07, 6.45) is 7.15. The molecule has 1 unspecified atom stereocenters. The standard InChI is InChI=1S/C15H22N4O3S.ClH/c1-16-9-12-3-2-6-19(10-12)15(20)13-4-5-14-17-23(21,22)8-7-18(14)11-13;/h4-5,11-12,16H,2-3,6-10H2,1H3;1H. The highest BCUT2D eigenvalue weighted by molar-refractivity contribution is 7.90. The average molecular weight is 375 g/mol. The van der Waals surface area contributed by atoms with Gasteiger partial charge in [0.2, 0.25) is 0 Å². The van der Waals surface area contributed by atoms with Crippen LogP contribution in [-0.4, -0.2) is 68.9 Å². The number of nitrogens with zero attached hydrogens (tertiary/aromatic N) is 3. The third-order valence-electron chi connectivity index (χ3n) is 4.37. The van der Waals surface area contributed by atoms with Crippen LogP contribution in [0.4, 0.5) is 0 Å². The highest BCUT2D eigenvalue weighted by Gasteiger charge is 2.28. The molecule has 9 heteroatoms. The smallest absolute Gasteiger partial charge is 0.256 e. The van der Waals surface area contributed by atoms with Crippen molar-refractivity contribution >= 4 is 34.2 Å². The molecule has 1 fully saturated rings. The van der Waals surface area contributed by atoms with E-state index in [0.717, 1.165) is 32.5 Å². The van der Waals surface area contributed by atoms with Crippen LogP contribution in [0.5, 0.6) is 0 Å². The SMILES string of the molecule is CNCC1CCCN(C(=O)C2=CN3CCS(=O)(=O)N=C3C=C2)C1.Cl. The normalized spacial score (nSPS) is 25.3. The van der Waals surface area contributed by atoms with Crippen molar-refractivity contribution in [3.05, 3.63) is 23.9 Å². The molecule has 0 spiro atoms. The zero-order valence-corrected chi connectivity index (χ0v) is 15.3. The Balaban J connectivity index is 0.00000208. The van der Waals surface area contributed by atoms with Crippen LogP contribution in [0.3, 0.4) is 0 Å². The molecule has 0 saturated carbocycles. The van der Waals surface area contributed by atoms with E-state index in [1.54, 1.807) is 23.3 Å². The first kappa shape index (κ1) is 19.0. The third kappa shape index (κ3) is 4.17. The monoisotopic (exact) mass is 374 g/mol. The summed E-state index contributed by atoms with van der Waals surface area (Å²) in [7, 11) is -1.43. The quantitative estimate of drug-likeness (QED) is 0.771. The van der Waals surface area contributed by atoms with E-state index in [2.05, 4.69) is 9.71 Å². The van der Waals surface area contributed by atoms with Gasteiger partial charge in [-0.2, -0.15) is 0 Å². The Morgan fingerprint density at radius 3 is 2.92 bits per heavy atom. The van der Waals surface area contributed by atoms with Crippen molar-refractivity contribution in [1.29, 1.82) is 0 Å². The molecule has 0 aromatic rings. The van der Waals surface area contributed by atoms with Crippen LogP contribution in [0.2, 0.25) is 0 Å². The molecule has 1 N–H and O–H groups in total. The van der Waals surface area contributed by atoms with E-state index >= 15 is 0 Å². The van der Waals surface area contributed by atoms with E-state index in [1.165, 1.54) is 0 Å². The molecule has 1 saturated heterocycles. The molecule has 0 aliphatic carbocycles. The number of carbonyl (C=O) groups excluding carboxylic acids is 1. The number of hydrogen-bond acceptors (Lipinski definition) is 5. The van der Waals surface area contributed by atoms with Gasteiger partial charge in [0.05, 0.1) is 11.3 Å². The van der Waals surface area contributed by atoms with Gasteiger partial charge in [-0.05, 0) is 44.5 Å². The maximum Gasteiger partial charge on any atom is 0.256 e. The van der Waals surface area contributed by atoms with Gasteiger partial charge in [-0.1, -0.05) is 0 Å². The number of nitrogens with one attached hydrogen (secondary N) is 1. The first-order valence-corrected chi connectivity index (χ1v) is 9.52. The van der Waals surface area contributed by atoms with E-state index in [4.69, 9.17) is 0 Å². The third-order valence-corrected chi connectivity index (χ3v) is 5.53. The number of sulfonamides is 1. The Labute approximate surface area is 148 Å². The lowest BCUT2D eigenvalue weighted by Crippen LogP contribution is -2.44. The first-order chi connectivity index (χ1) is 11.0. The Morgan fingerprint density at radius 2 is 2.17 bits per heavy atom. The minimum atomic E-state index is -3.36. The van der Waals surface area contributed by atoms with Crippen molar-refractivity contribution in [3.8, 4) is 0 Å². The van der Waals surface area contributed by atoms with Crippen molar-refractivity contribution in [2.75, 3.05) is 39.0 Å². The van der Waals surface area contributed by atoms with Crippen LogP contribution in [0.1, 0.15) is 12.8 Å². The van der Waals surface area contributed by atoms with Gasteiger partial charge >= 0.3 is 0 Å². The van der Waals surface area contributed by atoms with Crippen molar-refractivity contribution in [2.24, 2.45) is 10.3 Å². The largest absolute Gasteiger partial charge is 0.338 e. The van der Waals surface area contributed by atoms with Crippen molar-refractivity contribution in [3.63, 3.8) is 0 Å². The second kappa shape index (κ2) is 7.67. The maximum absolute atomic E-state index is 12.7. The average Bonchev–Trinajstić information content (AvgIpc) is 2.53. The number of amides is 1. The number of amidine groups is 1. The fourth-order valence-corrected chi connectivity index (χ4v) is 4.18. The Bertz CT molecular complexity index is 685. The summed E-state index contributed by atoms with van der Waals surface area (Å²) in [4.78, 5) is 16.3. The summed E-state index contributed by atoms with van der Waals surface area (Å²) < 4.78 is 26.8. The molecule has 0 radical (unpaired) electrons. The fraction of sp³-hybridized carbons (Fsp3) is 0.600. The topological polar surface area (TPSA) is 82.1 Å². The van der Waals surface area contributed by atoms with E-state index in [1.807, 2.05) is 11.9 Å². The van der Waals surface area contributed by atoms with Crippen molar-refractivity contribution in [2.45, 2.75) is 12.8 Å². The maximum atomic E-state index is 12.7. The number of hydrogen-bond donors (Lipinski definition) is 1. The molecule has 24 heavy (non-hydrogen) atoms. The Hall–Kier alpha value is -1.38. The van der Waals surface area contributed by atoms with E-state index < -0.39 is 10.0 Å². The van der Waals surface area contributed by atoms with Crippen LogP contribution >= 0.6 is 12.4 Å². The van der Waals surface area contributed by atoms with Gasteiger partial charge in [-0.25, -0.2) is 8.42 Å². The number of fused-ring (bicyclic) bond motifs is 1. The highest BCUT2D eigenvalue weighted by Crippen LogP contribution is 2.21. The molecule has 3 aliphatic rings. The van der Waals surface area contributed by atoms with Crippen LogP contribution in [0.15, 0.2) is 28.3 Å². The predicted octanol–water partition coefficient (Wildman–Crippen LogP) is 0.364. The lowest BCUT2D eigenvalue weighted by atomic mass is 9.97. The highest BCUT2D eigenvalue weighted by atomic mass is 35.5. The van der Waals surface area contributed by atoms with E-state index in [9.17, 15) is 13.2 Å². The summed E-state index contributed by atoms with van der Waals surface area (Å²) in [5, 5.41) is 3.17. The molecule has 7 nitrogen and oxygen atoms in total. The molecule has 3 heterocycles. The summed E-state index contributed by atoms with van der Waals surface area (Å²) in [6, 6.07) is 0. The molecule has 1 amide bonds. The van der Waals surface area contributed by atoms with Gasteiger partial charge in [-0.3, -0.25) is 4.79 Å². The van der Waals surface area contributed by atoms with Gasteiger partial charge < -0.3 is 15.1 Å². The molecule has 3 aliphatic heterocycles. The Kier molecular flexibility index (Phi) is 6.06. The molecule has 1 atom stereocenters. The minimum absolute atomic E-state index is 0. The number of rotatable bonds is 3. The lowest BCUT2D eigenvalue weighted by molar-refractivity contribution is -0.128. The molecule has 134 valence electrons. The van der Waals surface area contributed by atoms with E-state index in [0.29, 0.717) is 23.9 Å². The summed E-state index contributed by atoms with van der Waals surface area (Å²) in [5.41, 5.74) is 0.591. The second-order valence-electron chi connectivity index (χ2n) is 6.16. The van der Waals surface area contributed by atoms with Crippen LogP contribution < -0.4 is 5.32 Å². The van der Waals surface area contributed by atoms with Crippen LogP contribution in [0, 0.1) is 5.92 Å². The van der Waals surface area contributed by atoms with Crippen molar-refractivity contribution < 1.29 is 13.2 Å². The van der Waals surface area contributed by atoms with Gasteiger partial charge in [0.25, 0.3) is 15.9 Å². The first-order valence-electron chi connectivity index (χ1n) is 7.91. The summed E-state index contributed by atoms with van der Waals surface area (Å²) in [6.45, 7) is 2.80. The van der Waals surface area contributed by atoms with Gasteiger partial charge in [-0.15, -0.1) is 16.8 Å². The molecule has 3 rings (SSSR count). The second-order valence-corrected chi connectivity index (χ2v) is 7.92. The van der Waals surface area contributed by atoms with Gasteiger partial charge in [0.1, 0.15) is 5.84 Å². The predicted molar refractivity (Wildman–Crippen MR) is 95.6 cm³/mol. The van der Waals surface area contributed by atoms with Crippen LogP contribution in [0.25, 0.3) is 0 Å². The zero-order valence-electron chi connectivity index (χ0n) is 13.6. The fourth-order valence-electron chi connectivity index (χ4n) is 3.21. The number of halogens is 1. The lowest BCUT2D eigenvalue weighted by Gasteiger charge is -2.34. The molecular weight excluding hydrogens is 352 g/mol. The summed E-state index contributed by atoms with van der Waals surface area (Å²) >= 11 is 0. The number of piperidine rings is 1. The molecule has 0 aromatic carbocycles. The van der Waals surface area contributed by atoms with Gasteiger partial charge in [0, 0.05) is 25.8 Å². The molecular formula is C15H23ClN4O3S. The van der Waals surface area contributed by atoms with Gasteiger partial charge in [0.15, 0.2) is 0 Å². The minimum Gasteiger partial charge on any atom is -0.338 e. The molecule has 0 aromatic heterocycles.